The van der Waals surface area contributed by atoms with Crippen LogP contribution in [-0.4, -0.2) is 134 Å². The van der Waals surface area contributed by atoms with E-state index in [1.165, 1.54) is 17.5 Å². The summed E-state index contributed by atoms with van der Waals surface area (Å²) in [6, 6.07) is 12.7. The van der Waals surface area contributed by atoms with Crippen molar-refractivity contribution >= 4 is 51.9 Å². The normalized spacial score (nSPS) is 19.4. The Morgan fingerprint density at radius 2 is 1.77 bits per heavy atom. The van der Waals surface area contributed by atoms with Crippen LogP contribution in [0.5, 0.6) is 5.75 Å². The molecule has 1 aliphatic carbocycles. The molecule has 2 fully saturated rings. The minimum absolute atomic E-state index is 0.00248. The molecule has 4 atom stereocenters. The van der Waals surface area contributed by atoms with Crippen molar-refractivity contribution in [2.75, 3.05) is 69.7 Å². The van der Waals surface area contributed by atoms with Crippen molar-refractivity contribution in [3.8, 4) is 5.75 Å². The van der Waals surface area contributed by atoms with Crippen LogP contribution in [0.15, 0.2) is 60.0 Å². The number of nitrogens with one attached hydrogen (secondary N) is 5. The fraction of sp³-hybridized carbons (Fsp3) is 0.558. The number of aromatic amines is 1. The number of likely N-dealkylation sites (N-methyl/N-ethyl adjacent to an activating group) is 1. The third kappa shape index (κ3) is 12.3. The van der Waals surface area contributed by atoms with Crippen LogP contribution < -0.4 is 30.9 Å². The quantitative estimate of drug-likeness (QED) is 0.0460. The van der Waals surface area contributed by atoms with E-state index in [4.69, 9.17) is 9.72 Å². The van der Waals surface area contributed by atoms with Crippen LogP contribution in [0.1, 0.15) is 113 Å². The molecule has 16 nitrogen and oxygen atoms in total. The van der Waals surface area contributed by atoms with Crippen LogP contribution in [0.2, 0.25) is 0 Å². The Morgan fingerprint density at radius 1 is 0.971 bits per heavy atom. The lowest BCUT2D eigenvalue weighted by atomic mass is 9.85. The molecule has 2 amide bonds. The maximum Gasteiger partial charge on any atom is 0.271 e. The van der Waals surface area contributed by atoms with Crippen LogP contribution >= 0.6 is 11.8 Å². The number of carbonyl (C=O) groups is 2. The second-order valence-electron chi connectivity index (χ2n) is 21.0. The lowest BCUT2D eigenvalue weighted by Gasteiger charge is -2.35. The first-order chi connectivity index (χ1) is 33.0. The number of nitrogens with zero attached hydrogens (tertiary/aromatic N) is 8. The second kappa shape index (κ2) is 21.7. The minimum atomic E-state index is -0.341. The zero-order valence-corrected chi connectivity index (χ0v) is 42.9. The fourth-order valence-corrected chi connectivity index (χ4v) is 11.0. The molecule has 2 aromatic carbocycles. The minimum Gasteiger partial charge on any atom is -0.492 e. The Balaban J connectivity index is 0.817. The highest BCUT2D eigenvalue weighted by Crippen LogP contribution is 2.41. The van der Waals surface area contributed by atoms with Crippen molar-refractivity contribution in [1.82, 2.24) is 55.9 Å². The first-order valence-electron chi connectivity index (χ1n) is 24.8. The molecule has 3 aromatic heterocycles. The molecular weight excluding hydrogens is 887 g/mol. The number of benzene rings is 2. The van der Waals surface area contributed by atoms with Gasteiger partial charge >= 0.3 is 0 Å². The molecule has 2 aliphatic heterocycles. The van der Waals surface area contributed by atoms with E-state index in [0.717, 1.165) is 109 Å². The summed E-state index contributed by atoms with van der Waals surface area (Å²) in [6.45, 7) is 23.0. The first kappa shape index (κ1) is 50.0. The number of ether oxygens (including phenoxy) is 1. The average Bonchev–Trinajstić information content (AvgIpc) is 3.87. The largest absolute Gasteiger partial charge is 0.492 e. The summed E-state index contributed by atoms with van der Waals surface area (Å²) in [4.78, 5) is 54.0. The summed E-state index contributed by atoms with van der Waals surface area (Å²) >= 11 is 1.77. The van der Waals surface area contributed by atoms with Gasteiger partial charge in [-0.25, -0.2) is 19.9 Å². The summed E-state index contributed by atoms with van der Waals surface area (Å²) in [5.74, 6) is 2.85. The van der Waals surface area contributed by atoms with Gasteiger partial charge in [-0.1, -0.05) is 65.8 Å². The number of likely N-dealkylation sites (tertiary alicyclic amines) is 1. The van der Waals surface area contributed by atoms with E-state index in [9.17, 15) is 9.59 Å². The number of anilines is 3. The molecule has 0 bridgehead atoms. The number of hydrogen-bond donors (Lipinski definition) is 5. The Kier molecular flexibility index (Phi) is 15.8. The fourth-order valence-electron chi connectivity index (χ4n) is 9.98. The van der Waals surface area contributed by atoms with E-state index in [1.807, 2.05) is 31.9 Å². The van der Waals surface area contributed by atoms with E-state index in [2.05, 4.69) is 128 Å². The third-order valence-electron chi connectivity index (χ3n) is 13.7. The molecule has 5 N–H and O–H groups in total. The Morgan fingerprint density at radius 3 is 2.48 bits per heavy atom. The number of aromatic nitrogens is 6. The molecule has 17 heteroatoms. The average molecular weight is 960 g/mol. The van der Waals surface area contributed by atoms with Crippen molar-refractivity contribution in [1.29, 1.82) is 0 Å². The van der Waals surface area contributed by atoms with Crippen molar-refractivity contribution < 1.29 is 14.3 Å². The van der Waals surface area contributed by atoms with Gasteiger partial charge in [0.1, 0.15) is 29.4 Å². The Hall–Kier alpha value is -5.36. The monoisotopic (exact) mass is 960 g/mol. The smallest absolute Gasteiger partial charge is 0.271 e. The zero-order valence-electron chi connectivity index (χ0n) is 42.1. The van der Waals surface area contributed by atoms with Gasteiger partial charge in [0, 0.05) is 84.9 Å². The predicted octanol–water partition coefficient (Wildman–Crippen LogP) is 7.38. The molecule has 0 spiro atoms. The van der Waals surface area contributed by atoms with Crippen molar-refractivity contribution in [2.45, 2.75) is 128 Å². The van der Waals surface area contributed by atoms with Gasteiger partial charge in [-0.3, -0.25) is 19.6 Å². The highest BCUT2D eigenvalue weighted by atomic mass is 32.2. The van der Waals surface area contributed by atoms with Gasteiger partial charge in [0.05, 0.1) is 35.5 Å². The van der Waals surface area contributed by atoms with Gasteiger partial charge in [-0.2, -0.15) is 5.10 Å². The highest BCUT2D eigenvalue weighted by molar-refractivity contribution is 8.00. The summed E-state index contributed by atoms with van der Waals surface area (Å²) in [5, 5.41) is 22.1. The van der Waals surface area contributed by atoms with Crippen LogP contribution in [0.3, 0.4) is 0 Å². The summed E-state index contributed by atoms with van der Waals surface area (Å²) in [7, 11) is 1.85. The van der Waals surface area contributed by atoms with E-state index in [0.29, 0.717) is 31.4 Å². The van der Waals surface area contributed by atoms with Gasteiger partial charge in [0.15, 0.2) is 5.82 Å². The number of thioether (sulfide) groups is 1. The van der Waals surface area contributed by atoms with Crippen LogP contribution in [0.4, 0.5) is 17.5 Å². The molecule has 8 rings (SSSR count). The van der Waals surface area contributed by atoms with Gasteiger partial charge in [0.25, 0.3) is 5.91 Å². The zero-order chi connectivity index (χ0) is 48.9. The topological polar surface area (TPSA) is 181 Å². The van der Waals surface area contributed by atoms with Gasteiger partial charge in [-0.15, -0.1) is 11.8 Å². The molecule has 3 aliphatic rings. The maximum atomic E-state index is 14.1. The molecule has 5 heterocycles. The second-order valence-corrected chi connectivity index (χ2v) is 22.9. The maximum absolute atomic E-state index is 14.1. The first-order valence-corrected chi connectivity index (χ1v) is 25.6. The summed E-state index contributed by atoms with van der Waals surface area (Å²) < 4.78 is 6.46. The van der Waals surface area contributed by atoms with Crippen molar-refractivity contribution in [3.05, 3.63) is 83.2 Å². The van der Waals surface area contributed by atoms with Gasteiger partial charge in [0.2, 0.25) is 5.91 Å². The van der Waals surface area contributed by atoms with E-state index >= 15 is 0 Å². The standard InChI is InChI=1S/C52H73N13O3S/c1-33-34(2)61-62-47(33)60-48-39-27-44(69-52(6,7)8)43(28-41(39)57-32-58-48)68-25-13-20-63-21-23-64(24-22-63)45-30-55-42(29-56-45)49(66)59-36-26-37(65(31-36)50(67)46(53-9)51(3,4)5)18-19-54-40-17-12-15-35-14-10-11-16-38(35)40/h10-11,14,16,27-30,32,36-37,40,46,53-54H,12-13,15,17-26,31H2,1-9H3,(H,59,66)(H2,57,58,60,61,62)/t36-,37+,40+,46+/m0/s1. The van der Waals surface area contributed by atoms with E-state index < -0.39 is 0 Å². The number of rotatable bonds is 17. The third-order valence-corrected chi connectivity index (χ3v) is 14.9. The summed E-state index contributed by atoms with van der Waals surface area (Å²) in [6.07, 6.45) is 10.6. The lowest BCUT2D eigenvalue weighted by molar-refractivity contribution is -0.137. The van der Waals surface area contributed by atoms with Gasteiger partial charge in [-0.05, 0) is 88.6 Å². The Labute approximate surface area is 412 Å². The number of fused-ring (bicyclic) bond motifs is 2. The van der Waals surface area contributed by atoms with Crippen molar-refractivity contribution in [3.63, 3.8) is 0 Å². The number of carbonyl (C=O) groups excluding carboxylic acids is 2. The summed E-state index contributed by atoms with van der Waals surface area (Å²) in [5.41, 5.74) is 5.70. The van der Waals surface area contributed by atoms with E-state index in [-0.39, 0.29) is 45.8 Å². The van der Waals surface area contributed by atoms with E-state index in [1.54, 1.807) is 30.5 Å². The lowest BCUT2D eigenvalue weighted by Crippen LogP contribution is -2.53. The molecule has 5 aromatic rings. The molecule has 370 valence electrons. The SMILES string of the molecule is CN[C@H](C(=O)N1C[C@@H](NC(=O)c2cnc(N3CCN(CCCOc4cc5ncnc(Nc6n[nH]c(C)c6C)c5cc4SC(C)(C)C)CC3)cn2)C[C@H]1CCN[C@@H]1CCCc2ccccc21)C(C)(C)C. The molecule has 2 saturated heterocycles. The highest BCUT2D eigenvalue weighted by Gasteiger charge is 2.41. The van der Waals surface area contributed by atoms with Gasteiger partial charge < -0.3 is 35.8 Å². The number of aryl methyl sites for hydroxylation is 2. The predicted molar refractivity (Wildman–Crippen MR) is 276 cm³/mol. The molecular formula is C52H73N13O3S. The van der Waals surface area contributed by atoms with Crippen molar-refractivity contribution in [2.24, 2.45) is 5.41 Å². The molecule has 69 heavy (non-hydrogen) atoms. The number of hydrogen-bond acceptors (Lipinski definition) is 14. The number of amides is 2. The molecule has 0 unspecified atom stereocenters. The van der Waals surface area contributed by atoms with Crippen LogP contribution in [0.25, 0.3) is 10.9 Å². The van der Waals surface area contributed by atoms with Crippen LogP contribution in [-0.2, 0) is 11.2 Å². The van der Waals surface area contributed by atoms with Crippen LogP contribution in [0, 0.1) is 19.3 Å². The number of piperazine rings is 1. The molecule has 0 saturated carbocycles. The molecule has 0 radical (unpaired) electrons. The Bertz CT molecular complexity index is 2550. The number of H-pyrrole nitrogens is 1.